The highest BCUT2D eigenvalue weighted by molar-refractivity contribution is 14.0. The number of nitrogens with one attached hydrogen (secondary N) is 1. The number of halogens is 1. The Kier molecular flexibility index (Phi) is 9.01. The molecule has 2 rings (SSSR count). The molecular formula is C15H27IN6O2. The number of aliphatic imine (C=N–C) groups is 1. The molecule has 1 aromatic heterocycles. The van der Waals surface area contributed by atoms with Gasteiger partial charge in [-0.25, -0.2) is 0 Å². The van der Waals surface area contributed by atoms with Gasteiger partial charge >= 0.3 is 5.97 Å². The summed E-state index contributed by atoms with van der Waals surface area (Å²) in [6.45, 7) is 5.25. The van der Waals surface area contributed by atoms with Gasteiger partial charge in [0.05, 0.1) is 13.0 Å². The van der Waals surface area contributed by atoms with Crippen LogP contribution in [0.3, 0.4) is 0 Å². The van der Waals surface area contributed by atoms with Crippen molar-refractivity contribution >= 4 is 35.9 Å². The van der Waals surface area contributed by atoms with Crippen molar-refractivity contribution in [2.45, 2.75) is 32.7 Å². The van der Waals surface area contributed by atoms with E-state index in [9.17, 15) is 4.79 Å². The van der Waals surface area contributed by atoms with Gasteiger partial charge in [-0.2, -0.15) is 0 Å². The number of nitrogens with zero attached hydrogens (tertiary/aromatic N) is 5. The van der Waals surface area contributed by atoms with Crippen molar-refractivity contribution < 1.29 is 9.53 Å². The first-order chi connectivity index (χ1) is 11.2. The third kappa shape index (κ3) is 5.32. The first-order valence-electron chi connectivity index (χ1n) is 8.09. The average molecular weight is 450 g/mol. The van der Waals surface area contributed by atoms with Crippen molar-refractivity contribution in [2.24, 2.45) is 10.9 Å². The largest absolute Gasteiger partial charge is 0.469 e. The van der Waals surface area contributed by atoms with Crippen LogP contribution in [0.4, 0.5) is 0 Å². The monoisotopic (exact) mass is 450 g/mol. The van der Waals surface area contributed by atoms with E-state index in [4.69, 9.17) is 4.74 Å². The predicted octanol–water partition coefficient (Wildman–Crippen LogP) is 0.919. The van der Waals surface area contributed by atoms with E-state index in [0.717, 1.165) is 57.2 Å². The number of ether oxygens (including phenoxy) is 1. The lowest BCUT2D eigenvalue weighted by atomic mass is 9.97. The Morgan fingerprint density at radius 2 is 2.17 bits per heavy atom. The molecule has 1 N–H and O–H groups in total. The van der Waals surface area contributed by atoms with Crippen molar-refractivity contribution in [1.82, 2.24) is 25.0 Å². The molecule has 0 bridgehead atoms. The summed E-state index contributed by atoms with van der Waals surface area (Å²) >= 11 is 0. The summed E-state index contributed by atoms with van der Waals surface area (Å²) in [6.07, 6.45) is 4.23. The summed E-state index contributed by atoms with van der Waals surface area (Å²) in [5.41, 5.74) is 0. The highest BCUT2D eigenvalue weighted by atomic mass is 127. The minimum absolute atomic E-state index is 0. The molecule has 1 saturated heterocycles. The topological polar surface area (TPSA) is 84.6 Å². The average Bonchev–Trinajstić information content (AvgIpc) is 3.05. The van der Waals surface area contributed by atoms with Crippen LogP contribution < -0.4 is 5.32 Å². The number of aromatic nitrogens is 3. The Hall–Kier alpha value is -1.39. The van der Waals surface area contributed by atoms with E-state index in [2.05, 4.69) is 32.3 Å². The summed E-state index contributed by atoms with van der Waals surface area (Å²) < 4.78 is 6.87. The maximum Gasteiger partial charge on any atom is 0.308 e. The number of carbonyl (C=O) groups excluding carboxylic acids is 1. The minimum atomic E-state index is -0.104. The second kappa shape index (κ2) is 10.5. The quantitative estimate of drug-likeness (QED) is 0.311. The fourth-order valence-electron chi connectivity index (χ4n) is 2.85. The third-order valence-corrected chi connectivity index (χ3v) is 4.19. The van der Waals surface area contributed by atoms with Gasteiger partial charge in [-0.15, -0.1) is 34.2 Å². The van der Waals surface area contributed by atoms with Crippen LogP contribution in [0.15, 0.2) is 11.3 Å². The summed E-state index contributed by atoms with van der Waals surface area (Å²) in [7, 11) is 3.23. The maximum atomic E-state index is 11.6. The lowest BCUT2D eigenvalue weighted by molar-refractivity contribution is -0.146. The molecule has 24 heavy (non-hydrogen) atoms. The van der Waals surface area contributed by atoms with Crippen molar-refractivity contribution in [3.63, 3.8) is 0 Å². The van der Waals surface area contributed by atoms with Gasteiger partial charge in [0.25, 0.3) is 0 Å². The summed E-state index contributed by atoms with van der Waals surface area (Å²) in [5, 5.41) is 11.4. The summed E-state index contributed by atoms with van der Waals surface area (Å²) in [4.78, 5) is 18.1. The molecule has 0 amide bonds. The van der Waals surface area contributed by atoms with Crippen LogP contribution in [0.1, 0.15) is 25.6 Å². The number of esters is 1. The molecule has 0 radical (unpaired) electrons. The zero-order valence-electron chi connectivity index (χ0n) is 14.6. The van der Waals surface area contributed by atoms with Crippen LogP contribution in [0.2, 0.25) is 0 Å². The van der Waals surface area contributed by atoms with Crippen molar-refractivity contribution in [1.29, 1.82) is 0 Å². The molecule has 9 heteroatoms. The Morgan fingerprint density at radius 3 is 2.75 bits per heavy atom. The standard InChI is InChI=1S/C15H26N6O2.HI/c1-4-13-19-18-11-21(13)10-7-17-15(16-2)20-8-5-12(6-9-20)14(22)23-3;/h11-12H,4-10H2,1-3H3,(H,16,17);1H. The van der Waals surface area contributed by atoms with Gasteiger partial charge in [0.15, 0.2) is 5.96 Å². The second-order valence-corrected chi connectivity index (χ2v) is 5.55. The molecule has 0 atom stereocenters. The second-order valence-electron chi connectivity index (χ2n) is 5.55. The van der Waals surface area contributed by atoms with Gasteiger partial charge in [0.1, 0.15) is 12.2 Å². The highest BCUT2D eigenvalue weighted by Crippen LogP contribution is 2.18. The molecule has 2 heterocycles. The Labute approximate surface area is 160 Å². The molecule has 1 fully saturated rings. The molecular weight excluding hydrogens is 423 g/mol. The van der Waals surface area contributed by atoms with E-state index in [-0.39, 0.29) is 35.9 Å². The molecule has 8 nitrogen and oxygen atoms in total. The SMILES string of the molecule is CCc1nncn1CCNC(=NC)N1CCC(C(=O)OC)CC1.I. The smallest absolute Gasteiger partial charge is 0.308 e. The summed E-state index contributed by atoms with van der Waals surface area (Å²) in [5.74, 6) is 1.77. The molecule has 136 valence electrons. The lowest BCUT2D eigenvalue weighted by Gasteiger charge is -2.33. The molecule has 0 spiro atoms. The maximum absolute atomic E-state index is 11.6. The van der Waals surface area contributed by atoms with Gasteiger partial charge < -0.3 is 19.5 Å². The van der Waals surface area contributed by atoms with Crippen LogP contribution in [0.25, 0.3) is 0 Å². The lowest BCUT2D eigenvalue weighted by Crippen LogP contribution is -2.47. The van der Waals surface area contributed by atoms with Crippen LogP contribution in [0, 0.1) is 5.92 Å². The fourth-order valence-corrected chi connectivity index (χ4v) is 2.85. The Bertz CT molecular complexity index is 540. The van der Waals surface area contributed by atoms with Crippen molar-refractivity contribution in [3.8, 4) is 0 Å². The predicted molar refractivity (Wildman–Crippen MR) is 102 cm³/mol. The molecule has 0 aromatic carbocycles. The minimum Gasteiger partial charge on any atom is -0.469 e. The van der Waals surface area contributed by atoms with E-state index in [1.54, 1.807) is 13.4 Å². The number of piperidine rings is 1. The van der Waals surface area contributed by atoms with E-state index in [1.165, 1.54) is 7.11 Å². The number of likely N-dealkylation sites (tertiary alicyclic amines) is 1. The fraction of sp³-hybridized carbons (Fsp3) is 0.733. The number of methoxy groups -OCH3 is 1. The molecule has 0 unspecified atom stereocenters. The number of hydrogen-bond acceptors (Lipinski definition) is 5. The Morgan fingerprint density at radius 1 is 1.46 bits per heavy atom. The number of aryl methyl sites for hydroxylation is 1. The third-order valence-electron chi connectivity index (χ3n) is 4.19. The zero-order chi connectivity index (χ0) is 16.7. The van der Waals surface area contributed by atoms with Crippen molar-refractivity contribution in [2.75, 3.05) is 33.8 Å². The van der Waals surface area contributed by atoms with E-state index in [1.807, 2.05) is 4.57 Å². The molecule has 1 aromatic rings. The van der Waals surface area contributed by atoms with Crippen LogP contribution in [0.5, 0.6) is 0 Å². The van der Waals surface area contributed by atoms with Gasteiger partial charge in [-0.1, -0.05) is 6.92 Å². The normalized spacial score (nSPS) is 15.8. The van der Waals surface area contributed by atoms with Gasteiger partial charge in [0.2, 0.25) is 0 Å². The van der Waals surface area contributed by atoms with Gasteiger partial charge in [0, 0.05) is 39.6 Å². The van der Waals surface area contributed by atoms with E-state index in [0.29, 0.717) is 0 Å². The number of carbonyl (C=O) groups is 1. The van der Waals surface area contributed by atoms with Gasteiger partial charge in [-0.3, -0.25) is 9.79 Å². The van der Waals surface area contributed by atoms with Crippen LogP contribution in [-0.4, -0.2) is 65.4 Å². The van der Waals surface area contributed by atoms with Crippen LogP contribution in [-0.2, 0) is 22.5 Å². The number of hydrogen-bond donors (Lipinski definition) is 1. The van der Waals surface area contributed by atoms with Crippen molar-refractivity contribution in [3.05, 3.63) is 12.2 Å². The Balaban J connectivity index is 0.00000288. The van der Waals surface area contributed by atoms with E-state index >= 15 is 0 Å². The molecule has 1 aliphatic rings. The zero-order valence-corrected chi connectivity index (χ0v) is 16.9. The van der Waals surface area contributed by atoms with Gasteiger partial charge in [-0.05, 0) is 12.8 Å². The van der Waals surface area contributed by atoms with Crippen LogP contribution >= 0.6 is 24.0 Å². The number of guanidine groups is 1. The molecule has 0 aliphatic carbocycles. The van der Waals surface area contributed by atoms with E-state index < -0.39 is 0 Å². The first-order valence-corrected chi connectivity index (χ1v) is 8.09. The molecule has 0 saturated carbocycles. The number of rotatable bonds is 5. The summed E-state index contributed by atoms with van der Waals surface area (Å²) in [6, 6.07) is 0. The molecule has 1 aliphatic heterocycles. The highest BCUT2D eigenvalue weighted by Gasteiger charge is 2.26. The first kappa shape index (κ1) is 20.7.